The van der Waals surface area contributed by atoms with Gasteiger partial charge in [-0.15, -0.1) is 0 Å². The summed E-state index contributed by atoms with van der Waals surface area (Å²) in [5.74, 6) is 0. The van der Waals surface area contributed by atoms with Crippen LogP contribution in [0.2, 0.25) is 0 Å². The average molecular weight is 723 g/mol. The smallest absolute Gasteiger partial charge is 0.310 e. The third-order valence-corrected chi connectivity index (χ3v) is 18.9. The molecule has 4 amide bonds. The molecular formula is C36H44N4O4P2S2. The standard InChI is InChI=1S/C36H44N4O4P2S2/c1-5-45(43,6-2)47-37-35(41)39(31-25-17-11-18-26-31)33(29-21-13-9-14-22-29)34(30-23-15-10-16-24-30)40(32-27-19-12-20-28-32)36(42)38-48-46(44,7-3)8-4/h9-28,33-34H,5-8H2,1-4H3,(H,37,41)(H,38,42). The number of carbonyl (C=O) groups is 2. The molecule has 0 aliphatic carbocycles. The van der Waals surface area contributed by atoms with E-state index >= 15 is 0 Å². The molecule has 0 aromatic heterocycles. The fourth-order valence-electron chi connectivity index (χ4n) is 5.28. The number of nitrogens with one attached hydrogen (secondary N) is 2. The predicted molar refractivity (Wildman–Crippen MR) is 206 cm³/mol. The molecule has 2 N–H and O–H groups in total. The Morgan fingerprint density at radius 1 is 0.521 bits per heavy atom. The molecule has 2 atom stereocenters. The van der Waals surface area contributed by atoms with Crippen molar-refractivity contribution in [3.05, 3.63) is 132 Å². The first kappa shape index (κ1) is 37.4. The highest BCUT2D eigenvalue weighted by molar-refractivity contribution is 8.57. The minimum atomic E-state index is -2.71. The summed E-state index contributed by atoms with van der Waals surface area (Å²) in [6, 6.07) is 35.3. The van der Waals surface area contributed by atoms with Gasteiger partial charge in [0.25, 0.3) is 0 Å². The highest BCUT2D eigenvalue weighted by atomic mass is 32.7. The predicted octanol–water partition coefficient (Wildman–Crippen LogP) is 10.8. The van der Waals surface area contributed by atoms with Crippen LogP contribution in [0.5, 0.6) is 0 Å². The molecule has 0 saturated heterocycles. The number of nitrogens with zero attached hydrogens (tertiary/aromatic N) is 2. The lowest BCUT2D eigenvalue weighted by Gasteiger charge is -2.43. The Labute approximate surface area is 293 Å². The summed E-state index contributed by atoms with van der Waals surface area (Å²) in [6.45, 7) is 7.45. The molecule has 4 aromatic rings. The Morgan fingerprint density at radius 2 is 0.792 bits per heavy atom. The maximum atomic E-state index is 14.5. The second kappa shape index (κ2) is 17.8. The number of hydrogen-bond donors (Lipinski definition) is 2. The molecule has 254 valence electrons. The van der Waals surface area contributed by atoms with Gasteiger partial charge in [-0.3, -0.25) is 19.2 Å². The highest BCUT2D eigenvalue weighted by Crippen LogP contribution is 2.57. The van der Waals surface area contributed by atoms with Crippen LogP contribution in [0.3, 0.4) is 0 Å². The summed E-state index contributed by atoms with van der Waals surface area (Å²) >= 11 is 1.98. The van der Waals surface area contributed by atoms with Gasteiger partial charge in [0.15, 0.2) is 12.7 Å². The third kappa shape index (κ3) is 9.38. The summed E-state index contributed by atoms with van der Waals surface area (Å²) < 4.78 is 32.7. The van der Waals surface area contributed by atoms with Crippen LogP contribution in [-0.2, 0) is 9.13 Å². The molecular weight excluding hydrogens is 679 g/mol. The van der Waals surface area contributed by atoms with Crippen molar-refractivity contribution in [1.82, 2.24) is 9.44 Å². The zero-order valence-electron chi connectivity index (χ0n) is 27.8. The molecule has 0 spiro atoms. The lowest BCUT2D eigenvalue weighted by atomic mass is 9.90. The Morgan fingerprint density at radius 3 is 1.06 bits per heavy atom. The number of para-hydroxylation sites is 2. The summed E-state index contributed by atoms with van der Waals surface area (Å²) in [5, 5.41) is 0. The van der Waals surface area contributed by atoms with Gasteiger partial charge in [-0.2, -0.15) is 0 Å². The normalized spacial score (nSPS) is 12.8. The fourth-order valence-corrected chi connectivity index (χ4v) is 10.4. The van der Waals surface area contributed by atoms with E-state index in [-0.39, 0.29) is 0 Å². The minimum absolute atomic E-state index is 0.438. The van der Waals surface area contributed by atoms with Gasteiger partial charge in [0.2, 0.25) is 0 Å². The van der Waals surface area contributed by atoms with Crippen molar-refractivity contribution in [2.24, 2.45) is 0 Å². The number of anilines is 2. The van der Waals surface area contributed by atoms with Crippen molar-refractivity contribution >= 4 is 59.3 Å². The molecule has 4 aromatic carbocycles. The van der Waals surface area contributed by atoms with Gasteiger partial charge in [0.1, 0.15) is 0 Å². The van der Waals surface area contributed by atoms with Crippen LogP contribution in [0.15, 0.2) is 121 Å². The Bertz CT molecular complexity index is 1560. The maximum Gasteiger partial charge on any atom is 0.332 e. The van der Waals surface area contributed by atoms with E-state index < -0.39 is 36.8 Å². The monoisotopic (exact) mass is 722 g/mol. The van der Waals surface area contributed by atoms with Crippen LogP contribution in [-0.4, -0.2) is 36.7 Å². The second-order valence-corrected chi connectivity index (χ2v) is 22.7. The second-order valence-electron chi connectivity index (χ2n) is 11.0. The third-order valence-electron chi connectivity index (χ3n) is 8.17. The maximum absolute atomic E-state index is 14.5. The molecule has 0 aliphatic heterocycles. The van der Waals surface area contributed by atoms with E-state index in [2.05, 4.69) is 9.44 Å². The van der Waals surface area contributed by atoms with Crippen LogP contribution in [0.4, 0.5) is 21.0 Å². The number of benzene rings is 4. The lowest BCUT2D eigenvalue weighted by Crippen LogP contribution is -2.49. The topological polar surface area (TPSA) is 98.8 Å². The first-order valence-corrected chi connectivity index (χ1v) is 23.1. The van der Waals surface area contributed by atoms with E-state index in [0.29, 0.717) is 36.0 Å². The van der Waals surface area contributed by atoms with E-state index in [1.54, 1.807) is 9.80 Å². The van der Waals surface area contributed by atoms with Gasteiger partial charge in [0, 0.05) is 59.2 Å². The molecule has 48 heavy (non-hydrogen) atoms. The minimum Gasteiger partial charge on any atom is -0.310 e. The molecule has 0 bridgehead atoms. The van der Waals surface area contributed by atoms with E-state index in [1.165, 1.54) is 0 Å². The van der Waals surface area contributed by atoms with Gasteiger partial charge in [-0.25, -0.2) is 9.59 Å². The average Bonchev–Trinajstić information content (AvgIpc) is 3.15. The fraction of sp³-hybridized carbons (Fsp3) is 0.278. The Hall–Kier alpha value is -3.42. The molecule has 4 rings (SSSR count). The molecule has 2 unspecified atom stereocenters. The molecule has 0 fully saturated rings. The molecule has 0 heterocycles. The van der Waals surface area contributed by atoms with Gasteiger partial charge >= 0.3 is 12.1 Å². The first-order chi connectivity index (χ1) is 23.2. The number of amides is 4. The number of urea groups is 2. The van der Waals surface area contributed by atoms with Gasteiger partial charge < -0.3 is 9.13 Å². The zero-order chi connectivity index (χ0) is 34.6. The van der Waals surface area contributed by atoms with Crippen LogP contribution in [0.1, 0.15) is 50.9 Å². The summed E-state index contributed by atoms with van der Waals surface area (Å²) in [6.07, 6.45) is -3.67. The van der Waals surface area contributed by atoms with E-state index in [0.717, 1.165) is 34.3 Å². The molecule has 0 saturated carbocycles. The summed E-state index contributed by atoms with van der Waals surface area (Å²) in [7, 11) is 0. The molecule has 0 radical (unpaired) electrons. The van der Waals surface area contributed by atoms with E-state index in [9.17, 15) is 18.7 Å². The van der Waals surface area contributed by atoms with Crippen molar-refractivity contribution in [2.75, 3.05) is 34.4 Å². The summed E-state index contributed by atoms with van der Waals surface area (Å²) in [4.78, 5) is 32.4. The van der Waals surface area contributed by atoms with Crippen molar-refractivity contribution < 1.29 is 18.7 Å². The largest absolute Gasteiger partial charge is 0.332 e. The van der Waals surface area contributed by atoms with Crippen LogP contribution in [0.25, 0.3) is 0 Å². The highest BCUT2D eigenvalue weighted by Gasteiger charge is 2.41. The number of hydrogen-bond acceptors (Lipinski definition) is 6. The van der Waals surface area contributed by atoms with Crippen molar-refractivity contribution in [3.63, 3.8) is 0 Å². The number of rotatable bonds is 15. The molecule has 0 aliphatic rings. The van der Waals surface area contributed by atoms with Crippen LogP contribution >= 0.6 is 35.8 Å². The Kier molecular flexibility index (Phi) is 13.9. The molecule has 12 heteroatoms. The number of carbonyl (C=O) groups excluding carboxylic acids is 2. The van der Waals surface area contributed by atoms with E-state index in [1.807, 2.05) is 149 Å². The molecule has 8 nitrogen and oxygen atoms in total. The van der Waals surface area contributed by atoms with Crippen molar-refractivity contribution in [1.29, 1.82) is 0 Å². The van der Waals surface area contributed by atoms with E-state index in [4.69, 9.17) is 0 Å². The van der Waals surface area contributed by atoms with Crippen molar-refractivity contribution in [3.8, 4) is 0 Å². The first-order valence-electron chi connectivity index (χ1n) is 16.1. The zero-order valence-corrected chi connectivity index (χ0v) is 31.2. The Balaban J connectivity index is 1.98. The lowest BCUT2D eigenvalue weighted by molar-refractivity contribution is 0.242. The summed E-state index contributed by atoms with van der Waals surface area (Å²) in [5.41, 5.74) is 2.74. The van der Waals surface area contributed by atoms with Gasteiger partial charge in [0.05, 0.1) is 12.1 Å². The SMILES string of the molecule is CCP(=O)(CC)SNC(=O)N(c1ccccc1)C(c1ccccc1)C(c1ccccc1)N(C(=O)NSP(=O)(CC)CC)c1ccccc1. The van der Waals surface area contributed by atoms with Gasteiger partial charge in [-0.1, -0.05) is 125 Å². The van der Waals surface area contributed by atoms with Gasteiger partial charge in [-0.05, 0) is 35.4 Å². The quantitative estimate of drug-likeness (QED) is 0.0936. The van der Waals surface area contributed by atoms with Crippen LogP contribution in [0, 0.1) is 0 Å². The van der Waals surface area contributed by atoms with Crippen molar-refractivity contribution in [2.45, 2.75) is 39.8 Å². The van der Waals surface area contributed by atoms with Crippen LogP contribution < -0.4 is 19.2 Å².